The summed E-state index contributed by atoms with van der Waals surface area (Å²) in [5, 5.41) is 3.18. The molecule has 2 aromatic rings. The summed E-state index contributed by atoms with van der Waals surface area (Å²) in [5.74, 6) is -1.29. The summed E-state index contributed by atoms with van der Waals surface area (Å²) in [4.78, 5) is 13.3. The van der Waals surface area contributed by atoms with Crippen molar-refractivity contribution in [1.82, 2.24) is 5.32 Å². The molecule has 0 bridgehead atoms. The van der Waals surface area contributed by atoms with Crippen molar-refractivity contribution in [2.24, 2.45) is 11.3 Å². The monoisotopic (exact) mass is 429 g/mol. The van der Waals surface area contributed by atoms with Gasteiger partial charge in [-0.3, -0.25) is 4.79 Å². The Morgan fingerprint density at radius 3 is 2.55 bits per heavy atom. The Balaban J connectivity index is 1.50. The van der Waals surface area contributed by atoms with Gasteiger partial charge in [0.05, 0.1) is 12.0 Å². The van der Waals surface area contributed by atoms with Crippen LogP contribution >= 0.6 is 0 Å². The lowest BCUT2D eigenvalue weighted by Crippen LogP contribution is -2.47. The second-order valence-corrected chi connectivity index (χ2v) is 8.69. The van der Waals surface area contributed by atoms with E-state index in [4.69, 9.17) is 9.47 Å². The molecule has 1 unspecified atom stereocenters. The Hall–Kier alpha value is -2.31. The van der Waals surface area contributed by atoms with Gasteiger partial charge in [-0.2, -0.15) is 0 Å². The van der Waals surface area contributed by atoms with Crippen LogP contribution in [-0.4, -0.2) is 38.9 Å². The Kier molecular flexibility index (Phi) is 6.98. The number of ether oxygens (including phenoxy) is 2. The molecule has 166 valence electrons. The summed E-state index contributed by atoms with van der Waals surface area (Å²) in [5.41, 5.74) is 1.89. The second-order valence-electron chi connectivity index (χ2n) is 8.69. The molecule has 0 radical (unpaired) electrons. The van der Waals surface area contributed by atoms with Crippen LogP contribution in [0, 0.1) is 23.0 Å². The van der Waals surface area contributed by atoms with E-state index < -0.39 is 17.0 Å². The smallest absolute Gasteiger partial charge is 0.226 e. The van der Waals surface area contributed by atoms with Gasteiger partial charge in [-0.05, 0) is 66.8 Å². The third kappa shape index (κ3) is 5.31. The normalized spacial score (nSPS) is 20.9. The van der Waals surface area contributed by atoms with E-state index in [-0.39, 0.29) is 5.91 Å². The Morgan fingerprint density at radius 1 is 1.00 bits per heavy atom. The maximum Gasteiger partial charge on any atom is 0.226 e. The Morgan fingerprint density at radius 2 is 1.81 bits per heavy atom. The largest absolute Gasteiger partial charge is 0.381 e. The number of hydrogen-bond acceptors (Lipinski definition) is 3. The highest BCUT2D eigenvalue weighted by atomic mass is 19.2. The first-order valence-corrected chi connectivity index (χ1v) is 11.0. The number of nitrogens with one attached hydrogen (secondary N) is 1. The van der Waals surface area contributed by atoms with Crippen LogP contribution in [0.15, 0.2) is 42.5 Å². The van der Waals surface area contributed by atoms with Crippen molar-refractivity contribution >= 4 is 5.91 Å². The topological polar surface area (TPSA) is 47.6 Å². The number of amides is 1. The summed E-state index contributed by atoms with van der Waals surface area (Å²) >= 11 is 0. The van der Waals surface area contributed by atoms with E-state index in [9.17, 15) is 13.6 Å². The highest BCUT2D eigenvalue weighted by molar-refractivity contribution is 5.83. The first kappa shape index (κ1) is 21.9. The molecule has 31 heavy (non-hydrogen) atoms. The molecule has 1 N–H and O–H groups in total. The summed E-state index contributed by atoms with van der Waals surface area (Å²) in [7, 11) is 0. The molecule has 6 heteroatoms. The van der Waals surface area contributed by atoms with Crippen molar-refractivity contribution < 1.29 is 23.0 Å². The van der Waals surface area contributed by atoms with E-state index in [1.54, 1.807) is 6.07 Å². The lowest BCUT2D eigenvalue weighted by Gasteiger charge is -2.36. The molecule has 0 saturated carbocycles. The number of halogens is 2. The minimum atomic E-state index is -0.866. The molecule has 2 saturated heterocycles. The fourth-order valence-electron chi connectivity index (χ4n) is 4.57. The van der Waals surface area contributed by atoms with Crippen molar-refractivity contribution in [1.29, 1.82) is 0 Å². The zero-order valence-electron chi connectivity index (χ0n) is 17.7. The van der Waals surface area contributed by atoms with Gasteiger partial charge in [-0.1, -0.05) is 30.3 Å². The van der Waals surface area contributed by atoms with Gasteiger partial charge in [0.25, 0.3) is 0 Å². The van der Waals surface area contributed by atoms with Gasteiger partial charge in [0.15, 0.2) is 11.6 Å². The van der Waals surface area contributed by atoms with E-state index in [1.165, 1.54) is 6.07 Å². The van der Waals surface area contributed by atoms with Crippen LogP contribution in [0.4, 0.5) is 8.78 Å². The van der Waals surface area contributed by atoms with Crippen molar-refractivity contribution in [3.05, 3.63) is 59.7 Å². The summed E-state index contributed by atoms with van der Waals surface area (Å²) < 4.78 is 38.1. The maximum absolute atomic E-state index is 13.7. The van der Waals surface area contributed by atoms with Crippen molar-refractivity contribution in [2.75, 3.05) is 33.0 Å². The molecular weight excluding hydrogens is 400 g/mol. The third-order valence-electron chi connectivity index (χ3n) is 6.46. The molecule has 0 aliphatic carbocycles. The second kappa shape index (κ2) is 9.88. The van der Waals surface area contributed by atoms with Crippen molar-refractivity contribution in [3.8, 4) is 11.1 Å². The fourth-order valence-corrected chi connectivity index (χ4v) is 4.57. The zero-order valence-corrected chi connectivity index (χ0v) is 17.7. The van der Waals surface area contributed by atoms with Crippen molar-refractivity contribution in [3.63, 3.8) is 0 Å². The molecule has 2 aliphatic rings. The molecule has 4 rings (SSSR count). The van der Waals surface area contributed by atoms with Gasteiger partial charge in [-0.15, -0.1) is 0 Å². The highest BCUT2D eigenvalue weighted by Crippen LogP contribution is 2.36. The number of carbonyl (C=O) groups excluding carboxylic acids is 1. The quantitative estimate of drug-likeness (QED) is 0.735. The zero-order chi connectivity index (χ0) is 21.7. The van der Waals surface area contributed by atoms with E-state index in [1.807, 2.05) is 24.3 Å². The standard InChI is InChI=1S/C25H29F2NO3/c26-22-7-6-21(14-23(22)27)20-5-1-3-18(13-20)15-25(8-11-30-12-9-25)24(29)28-16-19-4-2-10-31-17-19/h1,3,5-7,13-14,19H,2,4,8-12,15-17H2,(H,28,29). The van der Waals surface area contributed by atoms with Gasteiger partial charge in [-0.25, -0.2) is 8.78 Å². The minimum absolute atomic E-state index is 0.0691. The Bertz CT molecular complexity index is 905. The molecule has 0 spiro atoms. The number of benzene rings is 2. The summed E-state index contributed by atoms with van der Waals surface area (Å²) in [6.07, 6.45) is 4.02. The predicted molar refractivity (Wildman–Crippen MR) is 115 cm³/mol. The van der Waals surface area contributed by atoms with Crippen LogP contribution in [0.3, 0.4) is 0 Å². The van der Waals surface area contributed by atoms with E-state index in [0.717, 1.165) is 36.6 Å². The predicted octanol–water partition coefficient (Wildman–Crippen LogP) is 4.51. The first-order chi connectivity index (χ1) is 15.1. The molecule has 4 nitrogen and oxygen atoms in total. The van der Waals surface area contributed by atoms with E-state index >= 15 is 0 Å². The van der Waals surface area contributed by atoms with Crippen LogP contribution < -0.4 is 5.32 Å². The molecule has 2 fully saturated rings. The molecule has 1 amide bonds. The lowest BCUT2D eigenvalue weighted by atomic mass is 9.74. The maximum atomic E-state index is 13.7. The van der Waals surface area contributed by atoms with Gasteiger partial charge in [0.1, 0.15) is 0 Å². The van der Waals surface area contributed by atoms with Crippen LogP contribution in [0.5, 0.6) is 0 Å². The third-order valence-corrected chi connectivity index (χ3v) is 6.46. The molecular formula is C25H29F2NO3. The average molecular weight is 430 g/mol. The van der Waals surface area contributed by atoms with Crippen LogP contribution in [-0.2, 0) is 20.7 Å². The highest BCUT2D eigenvalue weighted by Gasteiger charge is 2.40. The number of carbonyl (C=O) groups is 1. The van der Waals surface area contributed by atoms with Gasteiger partial charge in [0, 0.05) is 26.4 Å². The first-order valence-electron chi connectivity index (χ1n) is 11.0. The summed E-state index contributed by atoms with van der Waals surface area (Å²) in [6, 6.07) is 11.6. The number of rotatable bonds is 6. The van der Waals surface area contributed by atoms with E-state index in [0.29, 0.717) is 57.1 Å². The number of hydrogen-bond donors (Lipinski definition) is 1. The van der Waals surface area contributed by atoms with E-state index in [2.05, 4.69) is 5.32 Å². The SMILES string of the molecule is O=C(NCC1CCCOC1)C1(Cc2cccc(-c3ccc(F)c(F)c3)c2)CCOCC1. The molecule has 0 aromatic heterocycles. The van der Waals surface area contributed by atoms with Gasteiger partial charge in [0.2, 0.25) is 5.91 Å². The van der Waals surface area contributed by atoms with Crippen LogP contribution in [0.1, 0.15) is 31.2 Å². The average Bonchev–Trinajstić information content (AvgIpc) is 2.80. The Labute approximate surface area is 181 Å². The molecule has 2 aliphatic heterocycles. The van der Waals surface area contributed by atoms with Gasteiger partial charge < -0.3 is 14.8 Å². The van der Waals surface area contributed by atoms with Crippen molar-refractivity contribution in [2.45, 2.75) is 32.1 Å². The fraction of sp³-hybridized carbons (Fsp3) is 0.480. The minimum Gasteiger partial charge on any atom is -0.381 e. The lowest BCUT2D eigenvalue weighted by molar-refractivity contribution is -0.137. The molecule has 2 heterocycles. The molecule has 1 atom stereocenters. The summed E-state index contributed by atoms with van der Waals surface area (Å²) in [6.45, 7) is 3.26. The van der Waals surface area contributed by atoms with Crippen LogP contribution in [0.2, 0.25) is 0 Å². The van der Waals surface area contributed by atoms with Gasteiger partial charge >= 0.3 is 0 Å². The molecule has 2 aromatic carbocycles. The van der Waals surface area contributed by atoms with Crippen LogP contribution in [0.25, 0.3) is 11.1 Å².